The molecular weight excluding hydrogens is 338 g/mol. The molecule has 5 nitrogen and oxygen atoms in total. The highest BCUT2D eigenvalue weighted by atomic mass is 16.5. The maximum atomic E-state index is 13.0. The SMILES string of the molecule is O=C(c1cc(CCc2ccccc2)no1)N1CCCC[C@H]1c1ccccn1. The van der Waals surface area contributed by atoms with E-state index in [0.29, 0.717) is 5.76 Å². The first-order chi connectivity index (χ1) is 13.3. The van der Waals surface area contributed by atoms with Crippen LogP contribution in [-0.2, 0) is 12.8 Å². The van der Waals surface area contributed by atoms with E-state index in [9.17, 15) is 4.79 Å². The number of likely N-dealkylation sites (tertiary alicyclic amines) is 1. The van der Waals surface area contributed by atoms with Crippen molar-refractivity contribution >= 4 is 5.91 Å². The van der Waals surface area contributed by atoms with Crippen molar-refractivity contribution in [2.45, 2.75) is 38.1 Å². The van der Waals surface area contributed by atoms with Gasteiger partial charge in [-0.25, -0.2) is 0 Å². The number of pyridine rings is 1. The van der Waals surface area contributed by atoms with E-state index in [-0.39, 0.29) is 11.9 Å². The summed E-state index contributed by atoms with van der Waals surface area (Å²) in [4.78, 5) is 19.4. The molecule has 5 heteroatoms. The highest BCUT2D eigenvalue weighted by Crippen LogP contribution is 2.31. The Balaban J connectivity index is 1.46. The molecule has 1 amide bonds. The van der Waals surface area contributed by atoms with Gasteiger partial charge in [0.15, 0.2) is 0 Å². The monoisotopic (exact) mass is 361 g/mol. The average Bonchev–Trinajstić information content (AvgIpc) is 3.22. The molecule has 0 saturated carbocycles. The van der Waals surface area contributed by atoms with Gasteiger partial charge in [-0.3, -0.25) is 9.78 Å². The number of amides is 1. The first-order valence-corrected chi connectivity index (χ1v) is 9.53. The lowest BCUT2D eigenvalue weighted by atomic mass is 9.98. The van der Waals surface area contributed by atoms with Crippen LogP contribution in [0.2, 0.25) is 0 Å². The maximum absolute atomic E-state index is 13.0. The lowest BCUT2D eigenvalue weighted by Crippen LogP contribution is -2.38. The second kappa shape index (κ2) is 8.16. The number of benzene rings is 1. The minimum Gasteiger partial charge on any atom is -0.351 e. The summed E-state index contributed by atoms with van der Waals surface area (Å²) >= 11 is 0. The van der Waals surface area contributed by atoms with Gasteiger partial charge >= 0.3 is 0 Å². The van der Waals surface area contributed by atoms with E-state index in [0.717, 1.165) is 50.0 Å². The van der Waals surface area contributed by atoms with Crippen LogP contribution in [0.1, 0.15) is 52.8 Å². The van der Waals surface area contributed by atoms with Crippen LogP contribution in [0.15, 0.2) is 65.3 Å². The Morgan fingerprint density at radius 3 is 2.74 bits per heavy atom. The van der Waals surface area contributed by atoms with Gasteiger partial charge < -0.3 is 9.42 Å². The van der Waals surface area contributed by atoms with Crippen molar-refractivity contribution < 1.29 is 9.32 Å². The van der Waals surface area contributed by atoms with E-state index in [4.69, 9.17) is 4.52 Å². The summed E-state index contributed by atoms with van der Waals surface area (Å²) in [6, 6.07) is 17.9. The Kier molecular flexibility index (Phi) is 5.28. The largest absolute Gasteiger partial charge is 0.351 e. The van der Waals surface area contributed by atoms with Crippen molar-refractivity contribution in [3.63, 3.8) is 0 Å². The molecule has 1 fully saturated rings. The first-order valence-electron chi connectivity index (χ1n) is 9.53. The van der Waals surface area contributed by atoms with Gasteiger partial charge in [0.2, 0.25) is 5.76 Å². The highest BCUT2D eigenvalue weighted by molar-refractivity contribution is 5.91. The van der Waals surface area contributed by atoms with Gasteiger partial charge in [0.25, 0.3) is 5.91 Å². The van der Waals surface area contributed by atoms with E-state index in [1.165, 1.54) is 5.56 Å². The van der Waals surface area contributed by atoms with Gasteiger partial charge in [-0.15, -0.1) is 0 Å². The third-order valence-corrected chi connectivity index (χ3v) is 5.08. The number of carbonyl (C=O) groups is 1. The zero-order valence-electron chi connectivity index (χ0n) is 15.3. The average molecular weight is 361 g/mol. The van der Waals surface area contributed by atoms with Crippen molar-refractivity contribution in [2.24, 2.45) is 0 Å². The molecule has 27 heavy (non-hydrogen) atoms. The van der Waals surface area contributed by atoms with Crippen molar-refractivity contribution in [1.82, 2.24) is 15.0 Å². The van der Waals surface area contributed by atoms with Crippen LogP contribution in [-0.4, -0.2) is 27.5 Å². The molecule has 3 aromatic rings. The third kappa shape index (κ3) is 4.08. The van der Waals surface area contributed by atoms with E-state index in [2.05, 4.69) is 22.3 Å². The minimum absolute atomic E-state index is 0.00492. The minimum atomic E-state index is -0.0937. The van der Waals surface area contributed by atoms with E-state index in [1.807, 2.05) is 41.3 Å². The number of aryl methyl sites for hydroxylation is 2. The number of hydrogen-bond donors (Lipinski definition) is 0. The second-order valence-corrected chi connectivity index (χ2v) is 6.93. The van der Waals surface area contributed by atoms with E-state index < -0.39 is 0 Å². The molecule has 138 valence electrons. The second-order valence-electron chi connectivity index (χ2n) is 6.93. The van der Waals surface area contributed by atoms with Gasteiger partial charge in [0, 0.05) is 18.8 Å². The standard InChI is InChI=1S/C22H23N3O2/c26-22(25-15-7-5-11-20(25)19-10-4-6-14-23-19)21-16-18(24-27-21)13-12-17-8-2-1-3-9-17/h1-4,6,8-10,14,16,20H,5,7,11-13,15H2/t20-/m0/s1. The fourth-order valence-electron chi connectivity index (χ4n) is 3.64. The van der Waals surface area contributed by atoms with E-state index in [1.54, 1.807) is 12.3 Å². The lowest BCUT2D eigenvalue weighted by Gasteiger charge is -2.34. The Labute approximate surface area is 159 Å². The molecule has 0 spiro atoms. The molecule has 1 aliphatic rings. The van der Waals surface area contributed by atoms with Gasteiger partial charge in [0.1, 0.15) is 0 Å². The van der Waals surface area contributed by atoms with Crippen LogP contribution in [0.3, 0.4) is 0 Å². The van der Waals surface area contributed by atoms with Crippen molar-refractivity contribution in [3.8, 4) is 0 Å². The molecule has 0 unspecified atom stereocenters. The Hall–Kier alpha value is -2.95. The Morgan fingerprint density at radius 1 is 1.07 bits per heavy atom. The molecule has 2 aromatic heterocycles. The fourth-order valence-corrected chi connectivity index (χ4v) is 3.64. The van der Waals surface area contributed by atoms with E-state index >= 15 is 0 Å². The predicted molar refractivity (Wildman–Crippen MR) is 102 cm³/mol. The molecule has 4 rings (SSSR count). The molecule has 1 aromatic carbocycles. The number of piperidine rings is 1. The maximum Gasteiger partial charge on any atom is 0.293 e. The Morgan fingerprint density at radius 2 is 1.93 bits per heavy atom. The van der Waals surface area contributed by atoms with Gasteiger partial charge in [0.05, 0.1) is 17.4 Å². The van der Waals surface area contributed by atoms with Crippen LogP contribution >= 0.6 is 0 Å². The molecule has 1 aliphatic heterocycles. The first kappa shape index (κ1) is 17.5. The molecule has 1 atom stereocenters. The van der Waals surface area contributed by atoms with Crippen molar-refractivity contribution in [3.05, 3.63) is 83.5 Å². The molecule has 1 saturated heterocycles. The van der Waals surface area contributed by atoms with Gasteiger partial charge in [-0.1, -0.05) is 41.6 Å². The highest BCUT2D eigenvalue weighted by Gasteiger charge is 2.31. The quantitative estimate of drug-likeness (QED) is 0.683. The van der Waals surface area contributed by atoms with Crippen molar-refractivity contribution in [2.75, 3.05) is 6.54 Å². The zero-order valence-corrected chi connectivity index (χ0v) is 15.3. The molecule has 3 heterocycles. The zero-order chi connectivity index (χ0) is 18.5. The number of aromatic nitrogens is 2. The summed E-state index contributed by atoms with van der Waals surface area (Å²) < 4.78 is 5.39. The number of hydrogen-bond acceptors (Lipinski definition) is 4. The van der Waals surface area contributed by atoms with Gasteiger partial charge in [-0.2, -0.15) is 0 Å². The summed E-state index contributed by atoms with van der Waals surface area (Å²) in [6.45, 7) is 0.722. The van der Waals surface area contributed by atoms with Gasteiger partial charge in [-0.05, 0) is 49.8 Å². The number of nitrogens with zero attached hydrogens (tertiary/aromatic N) is 3. The molecular formula is C22H23N3O2. The summed E-state index contributed by atoms with van der Waals surface area (Å²) in [5, 5.41) is 4.11. The summed E-state index contributed by atoms with van der Waals surface area (Å²) in [5.41, 5.74) is 3.00. The van der Waals surface area contributed by atoms with Crippen LogP contribution in [0.25, 0.3) is 0 Å². The molecule has 0 aliphatic carbocycles. The third-order valence-electron chi connectivity index (χ3n) is 5.08. The Bertz CT molecular complexity index is 877. The van der Waals surface area contributed by atoms with Crippen molar-refractivity contribution in [1.29, 1.82) is 0 Å². The topological polar surface area (TPSA) is 59.2 Å². The number of carbonyl (C=O) groups excluding carboxylic acids is 1. The predicted octanol–water partition coefficient (Wildman–Crippen LogP) is 4.22. The van der Waals surface area contributed by atoms with Crippen LogP contribution in [0.5, 0.6) is 0 Å². The lowest BCUT2D eigenvalue weighted by molar-refractivity contribution is 0.0564. The molecule has 0 radical (unpaired) electrons. The summed E-state index contributed by atoms with van der Waals surface area (Å²) in [5.74, 6) is 0.227. The van der Waals surface area contributed by atoms with Crippen LogP contribution < -0.4 is 0 Å². The number of rotatable bonds is 5. The molecule has 0 N–H and O–H groups in total. The summed E-state index contributed by atoms with van der Waals surface area (Å²) in [7, 11) is 0. The normalized spacial score (nSPS) is 17.0. The molecule has 0 bridgehead atoms. The smallest absolute Gasteiger partial charge is 0.293 e. The fraction of sp³-hybridized carbons (Fsp3) is 0.318. The van der Waals surface area contributed by atoms with Crippen LogP contribution in [0, 0.1) is 0 Å². The summed E-state index contributed by atoms with van der Waals surface area (Å²) in [6.07, 6.45) is 6.44. The van der Waals surface area contributed by atoms with Crippen LogP contribution in [0.4, 0.5) is 0 Å².